The average Bonchev–Trinajstić information content (AvgIpc) is 2.53. The van der Waals surface area contributed by atoms with Crippen molar-refractivity contribution in [2.75, 3.05) is 32.9 Å². The molecule has 0 N–H and O–H groups in total. The summed E-state index contributed by atoms with van der Waals surface area (Å²) < 4.78 is 10.9. The zero-order valence-electron chi connectivity index (χ0n) is 12.1. The van der Waals surface area contributed by atoms with Crippen LogP contribution in [0.2, 0.25) is 0 Å². The topological polar surface area (TPSA) is 38.8 Å². The number of carbonyl (C=O) groups excluding carboxylic acids is 1. The number of aryl methyl sites for hydroxylation is 1. The number of benzene rings is 1. The Hall–Kier alpha value is -1.55. The molecule has 0 saturated carbocycles. The maximum atomic E-state index is 11.9. The summed E-state index contributed by atoms with van der Waals surface area (Å²) in [6.07, 6.45) is 2.34. The number of ether oxygens (including phenoxy) is 2. The number of hydrogen-bond donors (Lipinski definition) is 0. The molecule has 4 heteroatoms. The second-order valence-corrected chi connectivity index (χ2v) is 4.94. The van der Waals surface area contributed by atoms with Crippen LogP contribution in [0.15, 0.2) is 24.3 Å². The zero-order chi connectivity index (χ0) is 14.2. The van der Waals surface area contributed by atoms with E-state index in [4.69, 9.17) is 9.47 Å². The van der Waals surface area contributed by atoms with Gasteiger partial charge in [-0.25, -0.2) is 0 Å². The molecular formula is C16H23NO3. The summed E-state index contributed by atoms with van der Waals surface area (Å²) in [4.78, 5) is 13.8. The first-order valence-corrected chi connectivity index (χ1v) is 7.37. The third kappa shape index (κ3) is 4.53. The Morgan fingerprint density at radius 3 is 2.60 bits per heavy atom. The van der Waals surface area contributed by atoms with Gasteiger partial charge in [0, 0.05) is 19.5 Å². The lowest BCUT2D eigenvalue weighted by Gasteiger charge is -2.26. The van der Waals surface area contributed by atoms with E-state index in [1.165, 1.54) is 5.56 Å². The van der Waals surface area contributed by atoms with Crippen molar-refractivity contribution < 1.29 is 14.3 Å². The van der Waals surface area contributed by atoms with Crippen LogP contribution in [-0.4, -0.2) is 43.7 Å². The molecule has 110 valence electrons. The smallest absolute Gasteiger partial charge is 0.222 e. The monoisotopic (exact) mass is 277 g/mol. The molecule has 1 fully saturated rings. The molecule has 4 nitrogen and oxygen atoms in total. The normalized spacial score (nSPS) is 15.2. The first kappa shape index (κ1) is 14.9. The van der Waals surface area contributed by atoms with Gasteiger partial charge < -0.3 is 14.4 Å². The van der Waals surface area contributed by atoms with Gasteiger partial charge in [0.25, 0.3) is 0 Å². The molecule has 0 aromatic heterocycles. The second-order valence-electron chi connectivity index (χ2n) is 4.94. The molecule has 0 aliphatic carbocycles. The molecule has 0 bridgehead atoms. The van der Waals surface area contributed by atoms with Crippen LogP contribution in [0.5, 0.6) is 5.75 Å². The fourth-order valence-electron chi connectivity index (χ4n) is 2.21. The lowest BCUT2D eigenvalue weighted by Crippen LogP contribution is -2.40. The van der Waals surface area contributed by atoms with E-state index in [9.17, 15) is 4.79 Å². The van der Waals surface area contributed by atoms with Crippen LogP contribution < -0.4 is 4.74 Å². The highest BCUT2D eigenvalue weighted by Gasteiger charge is 2.15. The van der Waals surface area contributed by atoms with Crippen molar-refractivity contribution >= 4 is 5.91 Å². The van der Waals surface area contributed by atoms with Gasteiger partial charge in [-0.15, -0.1) is 0 Å². The molecule has 1 aromatic carbocycles. The fourth-order valence-corrected chi connectivity index (χ4v) is 2.21. The van der Waals surface area contributed by atoms with Crippen LogP contribution in [0.25, 0.3) is 0 Å². The van der Waals surface area contributed by atoms with E-state index < -0.39 is 0 Å². The van der Waals surface area contributed by atoms with Crippen LogP contribution >= 0.6 is 0 Å². The lowest BCUT2D eigenvalue weighted by atomic mass is 10.2. The first-order valence-electron chi connectivity index (χ1n) is 7.37. The highest BCUT2D eigenvalue weighted by atomic mass is 16.5. The molecule has 1 aromatic rings. The van der Waals surface area contributed by atoms with Crippen molar-refractivity contribution in [1.82, 2.24) is 4.90 Å². The SMILES string of the molecule is CCc1ccc(OCCCC(=O)N2CCOCC2)cc1. The Morgan fingerprint density at radius 1 is 1.25 bits per heavy atom. The Bertz CT molecular complexity index is 410. The van der Waals surface area contributed by atoms with Gasteiger partial charge in [0.2, 0.25) is 5.91 Å². The predicted molar refractivity (Wildman–Crippen MR) is 77.9 cm³/mol. The molecule has 1 saturated heterocycles. The van der Waals surface area contributed by atoms with Crippen LogP contribution in [0.4, 0.5) is 0 Å². The van der Waals surface area contributed by atoms with E-state index in [2.05, 4.69) is 19.1 Å². The highest BCUT2D eigenvalue weighted by molar-refractivity contribution is 5.76. The van der Waals surface area contributed by atoms with Gasteiger partial charge >= 0.3 is 0 Å². The molecule has 20 heavy (non-hydrogen) atoms. The first-order chi connectivity index (χ1) is 9.79. The molecule has 2 rings (SSSR count). The summed E-state index contributed by atoms with van der Waals surface area (Å²) in [6.45, 7) is 5.48. The van der Waals surface area contributed by atoms with Crippen molar-refractivity contribution in [1.29, 1.82) is 0 Å². The van der Waals surface area contributed by atoms with Crippen molar-refractivity contribution in [3.8, 4) is 5.75 Å². The minimum Gasteiger partial charge on any atom is -0.494 e. The van der Waals surface area contributed by atoms with Gasteiger partial charge in [-0.1, -0.05) is 19.1 Å². The summed E-state index contributed by atoms with van der Waals surface area (Å²) in [6, 6.07) is 8.13. The number of rotatable bonds is 6. The van der Waals surface area contributed by atoms with E-state index in [-0.39, 0.29) is 5.91 Å². The maximum Gasteiger partial charge on any atom is 0.222 e. The van der Waals surface area contributed by atoms with Crippen molar-refractivity contribution in [2.45, 2.75) is 26.2 Å². The van der Waals surface area contributed by atoms with Gasteiger partial charge in [0.1, 0.15) is 5.75 Å². The van der Waals surface area contributed by atoms with Crippen LogP contribution in [0.1, 0.15) is 25.3 Å². The second kappa shape index (κ2) is 7.90. The molecule has 1 heterocycles. The molecule has 1 aliphatic heterocycles. The van der Waals surface area contributed by atoms with E-state index >= 15 is 0 Å². The fraction of sp³-hybridized carbons (Fsp3) is 0.562. The lowest BCUT2D eigenvalue weighted by molar-refractivity contribution is -0.135. The van der Waals surface area contributed by atoms with E-state index in [0.29, 0.717) is 26.2 Å². The van der Waals surface area contributed by atoms with Gasteiger partial charge in [-0.05, 0) is 30.5 Å². The average molecular weight is 277 g/mol. The van der Waals surface area contributed by atoms with Crippen molar-refractivity contribution in [3.05, 3.63) is 29.8 Å². The van der Waals surface area contributed by atoms with Crippen LogP contribution in [0, 0.1) is 0 Å². The van der Waals surface area contributed by atoms with Crippen LogP contribution in [0.3, 0.4) is 0 Å². The number of amides is 1. The number of hydrogen-bond acceptors (Lipinski definition) is 3. The highest BCUT2D eigenvalue weighted by Crippen LogP contribution is 2.13. The van der Waals surface area contributed by atoms with E-state index in [1.54, 1.807) is 0 Å². The zero-order valence-corrected chi connectivity index (χ0v) is 12.1. The summed E-state index contributed by atoms with van der Waals surface area (Å²) in [7, 11) is 0. The van der Waals surface area contributed by atoms with Gasteiger partial charge in [0.15, 0.2) is 0 Å². The van der Waals surface area contributed by atoms with Gasteiger partial charge in [-0.3, -0.25) is 4.79 Å². The third-order valence-electron chi connectivity index (χ3n) is 3.50. The molecule has 0 atom stereocenters. The number of nitrogens with zero attached hydrogens (tertiary/aromatic N) is 1. The molecule has 1 aliphatic rings. The Balaban J connectivity index is 1.64. The molecular weight excluding hydrogens is 254 g/mol. The summed E-state index contributed by atoms with van der Waals surface area (Å²) in [5.41, 5.74) is 1.31. The molecule has 0 spiro atoms. The van der Waals surface area contributed by atoms with Crippen LogP contribution in [-0.2, 0) is 16.0 Å². The Morgan fingerprint density at radius 2 is 1.95 bits per heavy atom. The largest absolute Gasteiger partial charge is 0.494 e. The maximum absolute atomic E-state index is 11.9. The minimum absolute atomic E-state index is 0.207. The van der Waals surface area contributed by atoms with Crippen molar-refractivity contribution in [3.63, 3.8) is 0 Å². The number of morpholine rings is 1. The van der Waals surface area contributed by atoms with Crippen molar-refractivity contribution in [2.24, 2.45) is 0 Å². The standard InChI is InChI=1S/C16H23NO3/c1-2-14-5-7-15(8-6-14)20-11-3-4-16(18)17-9-12-19-13-10-17/h5-8H,2-4,9-13H2,1H3. The summed E-state index contributed by atoms with van der Waals surface area (Å²) >= 11 is 0. The molecule has 0 radical (unpaired) electrons. The van der Waals surface area contributed by atoms with E-state index in [0.717, 1.165) is 31.7 Å². The Labute approximate surface area is 120 Å². The van der Waals surface area contributed by atoms with Gasteiger partial charge in [0.05, 0.1) is 19.8 Å². The minimum atomic E-state index is 0.207. The van der Waals surface area contributed by atoms with E-state index in [1.807, 2.05) is 17.0 Å². The third-order valence-corrected chi connectivity index (χ3v) is 3.50. The molecule has 1 amide bonds. The molecule has 0 unspecified atom stereocenters. The summed E-state index contributed by atoms with van der Waals surface area (Å²) in [5, 5.41) is 0. The summed E-state index contributed by atoms with van der Waals surface area (Å²) in [5.74, 6) is 1.08. The number of carbonyl (C=O) groups is 1. The predicted octanol–water partition coefficient (Wildman–Crippen LogP) is 2.27. The van der Waals surface area contributed by atoms with Gasteiger partial charge in [-0.2, -0.15) is 0 Å². The Kier molecular flexibility index (Phi) is 5.87. The quantitative estimate of drug-likeness (QED) is 0.749.